The zero-order valence-corrected chi connectivity index (χ0v) is 66.3. The first-order chi connectivity index (χ1) is 56.5. The van der Waals surface area contributed by atoms with Crippen molar-refractivity contribution in [2.75, 3.05) is 165 Å². The fraction of sp³-hybridized carbons (Fsp3) is 0.348. The number of hydrogen-bond acceptors (Lipinski definition) is 21. The number of aryl methyl sites for hydroxylation is 1. The molecule has 1 amide bonds. The quantitative estimate of drug-likeness (QED) is 0.0354. The zero-order valence-electron chi connectivity index (χ0n) is 66.3. The molecule has 4 aliphatic heterocycles. The average Bonchev–Trinajstić information content (AvgIpc) is 0.867. The Morgan fingerprint density at radius 1 is 0.409 bits per heavy atom. The normalized spacial score (nSPS) is 14.1. The average molecular weight is 1560 g/mol. The Morgan fingerprint density at radius 2 is 0.713 bits per heavy atom. The highest BCUT2D eigenvalue weighted by Crippen LogP contribution is 2.27. The Labute approximate surface area is 676 Å². The summed E-state index contributed by atoms with van der Waals surface area (Å²) >= 11 is 0. The van der Waals surface area contributed by atoms with Gasteiger partial charge in [0.1, 0.15) is 49.4 Å². The van der Waals surface area contributed by atoms with Crippen LogP contribution in [0.4, 0.5) is 4.39 Å². The van der Waals surface area contributed by atoms with E-state index in [1.165, 1.54) is 31.9 Å². The highest BCUT2D eigenvalue weighted by atomic mass is 19.1. The number of nitrogens with one attached hydrogen (secondary N) is 1. The van der Waals surface area contributed by atoms with Crippen molar-refractivity contribution in [1.82, 2.24) is 44.9 Å². The molecular weight excluding hydrogens is 1450 g/mol. The molecule has 4 aromatic heterocycles. The number of hydrogen-bond donors (Lipinski definition) is 1. The summed E-state index contributed by atoms with van der Waals surface area (Å²) in [7, 11) is 1.38. The van der Waals surface area contributed by atoms with Crippen molar-refractivity contribution in [3.05, 3.63) is 265 Å². The van der Waals surface area contributed by atoms with Crippen molar-refractivity contribution < 1.29 is 56.6 Å². The van der Waals surface area contributed by atoms with Crippen molar-refractivity contribution in [3.8, 4) is 79.6 Å². The molecule has 602 valence electrons. The van der Waals surface area contributed by atoms with Gasteiger partial charge in [0.2, 0.25) is 11.9 Å². The number of nitrogens with zero attached hydrogens (tertiary/aromatic N) is 10. The molecule has 14 rings (SSSR count). The lowest BCUT2D eigenvalue weighted by Gasteiger charge is -2.26. The number of esters is 1. The number of methoxy groups -OCH3 is 1. The molecule has 0 saturated carbocycles. The number of nitriles is 2. The molecule has 0 radical (unpaired) electrons. The number of morpholine rings is 4. The van der Waals surface area contributed by atoms with Crippen molar-refractivity contribution in [1.29, 1.82) is 10.5 Å². The van der Waals surface area contributed by atoms with E-state index in [2.05, 4.69) is 86.8 Å². The van der Waals surface area contributed by atoms with Crippen LogP contribution >= 0.6 is 0 Å². The Morgan fingerprint density at radius 3 is 1.00 bits per heavy atom. The molecule has 0 aliphatic carbocycles. The zero-order chi connectivity index (χ0) is 80.5. The van der Waals surface area contributed by atoms with Gasteiger partial charge in [-0.05, 0) is 119 Å². The number of aromatic nitrogens is 4. The van der Waals surface area contributed by atoms with Gasteiger partial charge in [0.05, 0.1) is 103 Å². The highest BCUT2D eigenvalue weighted by Gasteiger charge is 2.16. The van der Waals surface area contributed by atoms with E-state index >= 15 is 0 Å². The molecule has 10 aromatic rings. The lowest BCUT2D eigenvalue weighted by molar-refractivity contribution is -0.139. The van der Waals surface area contributed by atoms with Gasteiger partial charge >= 0.3 is 5.97 Å². The van der Waals surface area contributed by atoms with Crippen LogP contribution in [0.25, 0.3) is 44.5 Å². The van der Waals surface area contributed by atoms with Crippen LogP contribution in [0.1, 0.15) is 42.1 Å². The van der Waals surface area contributed by atoms with Gasteiger partial charge in [0.15, 0.2) is 0 Å². The maximum atomic E-state index is 12.8. The van der Waals surface area contributed by atoms with E-state index in [1.807, 2.05) is 176 Å². The van der Waals surface area contributed by atoms with Crippen molar-refractivity contribution in [3.63, 3.8) is 0 Å². The third kappa shape index (κ3) is 33.3. The molecule has 6 aromatic carbocycles. The predicted molar refractivity (Wildman–Crippen MR) is 444 cm³/mol. The Bertz CT molecular complexity index is 4410. The number of pyridine rings is 4. The summed E-state index contributed by atoms with van der Waals surface area (Å²) in [5, 5.41) is 18.9. The molecule has 0 bridgehead atoms. The molecule has 4 fully saturated rings. The molecule has 0 atom stereocenters. The van der Waals surface area contributed by atoms with E-state index in [0.717, 1.165) is 222 Å². The van der Waals surface area contributed by atoms with Gasteiger partial charge in [-0.2, -0.15) is 14.9 Å². The smallest absolute Gasteiger partial charge is 0.311 e. The fourth-order valence-corrected chi connectivity index (χ4v) is 12.1. The third-order valence-electron chi connectivity index (χ3n) is 18.8. The van der Waals surface area contributed by atoms with Gasteiger partial charge in [-0.1, -0.05) is 134 Å². The Balaban J connectivity index is 0.000000169. The summed E-state index contributed by atoms with van der Waals surface area (Å²) < 4.78 is 62.1. The Hall–Kier alpha value is -11.4. The minimum atomic E-state index is -0.466. The monoisotopic (exact) mass is 1560 g/mol. The van der Waals surface area contributed by atoms with Crippen LogP contribution in [0.3, 0.4) is 0 Å². The van der Waals surface area contributed by atoms with E-state index in [-0.39, 0.29) is 24.7 Å². The lowest BCUT2D eigenvalue weighted by atomic mass is 10.1. The predicted octanol–water partition coefficient (Wildman–Crippen LogP) is 13.4. The number of halogens is 1. The van der Waals surface area contributed by atoms with E-state index in [0.29, 0.717) is 45.1 Å². The first-order valence-corrected chi connectivity index (χ1v) is 39.2. The highest BCUT2D eigenvalue weighted by molar-refractivity contribution is 5.78. The summed E-state index contributed by atoms with van der Waals surface area (Å²) in [5.74, 6) is 2.65. The summed E-state index contributed by atoms with van der Waals surface area (Å²) in [6, 6.07) is 70.7. The van der Waals surface area contributed by atoms with Crippen LogP contribution in [0.5, 0.6) is 23.0 Å². The second-order valence-electron chi connectivity index (χ2n) is 26.9. The second kappa shape index (κ2) is 51.4. The fourth-order valence-electron chi connectivity index (χ4n) is 12.1. The third-order valence-corrected chi connectivity index (χ3v) is 18.8. The number of amides is 1. The summed E-state index contributed by atoms with van der Waals surface area (Å²) in [6.07, 6.45) is 8.86. The summed E-state index contributed by atoms with van der Waals surface area (Å²) in [5.41, 5.74) is 12.9. The van der Waals surface area contributed by atoms with Crippen LogP contribution in [0.15, 0.2) is 231 Å². The number of benzene rings is 6. The summed E-state index contributed by atoms with van der Waals surface area (Å²) in [4.78, 5) is 49.6. The maximum absolute atomic E-state index is 12.8. The number of carbonyl (C=O) groups excluding carboxylic acids is 2. The summed E-state index contributed by atoms with van der Waals surface area (Å²) in [6.45, 7) is 24.7. The van der Waals surface area contributed by atoms with Crippen LogP contribution in [0, 0.1) is 28.6 Å². The van der Waals surface area contributed by atoms with Gasteiger partial charge in [0, 0.05) is 145 Å². The number of ether oxygens (including phenoxy) is 9. The largest absolute Gasteiger partial charge is 0.492 e. The first kappa shape index (κ1) is 87.6. The molecule has 1 N–H and O–H groups in total. The standard InChI is InChI=1S/C26H29N3O3.C20H24N2O4.C19H21N3O2.C17H19FN2O2.C8H10.C2H3N/c30-26(28-19-21-4-2-1-3-5-21)18-24-9-6-23(20-27-24)22-7-10-25(11-8-22)32-17-14-29-12-15-31-16-13-29;1-24-20(23)14-18-5-2-17(15-21-18)16-3-6-19(7-4-16)26-13-10-22-8-11-25-12-9-22;20-8-7-18-4-1-17(15-21-18)16-2-5-19(6-3-16)24-14-11-22-9-12-23-13-10-22;18-17-6-3-15(13-19-17)14-1-4-16(5-2-14)22-12-9-20-7-10-21-11-8-20;1-2-8-6-4-3-5-7-8;1-2-3/h1-11,20H,12-19H2,(H,28,30);2-7,15H,8-14H2,1H3;1-6,15H,7,9-14H2;1-6,13H,7-12H2;3-7H,2H2,1H3;1H3. The van der Waals surface area contributed by atoms with Crippen LogP contribution in [-0.4, -0.2) is 216 Å². The molecule has 4 aliphatic rings. The maximum Gasteiger partial charge on any atom is 0.311 e. The van der Waals surface area contributed by atoms with Crippen LogP contribution in [0.2, 0.25) is 0 Å². The number of rotatable bonds is 28. The lowest BCUT2D eigenvalue weighted by Crippen LogP contribution is -2.38. The van der Waals surface area contributed by atoms with Gasteiger partial charge in [-0.15, -0.1) is 0 Å². The van der Waals surface area contributed by atoms with Gasteiger partial charge in [0.25, 0.3) is 0 Å². The van der Waals surface area contributed by atoms with Gasteiger partial charge < -0.3 is 47.9 Å². The minimum Gasteiger partial charge on any atom is -0.492 e. The molecule has 115 heavy (non-hydrogen) atoms. The van der Waals surface area contributed by atoms with E-state index in [9.17, 15) is 14.0 Å². The van der Waals surface area contributed by atoms with Crippen molar-refractivity contribution in [2.45, 2.75) is 46.1 Å². The topological polar surface area (TPSA) is 241 Å². The molecule has 0 unspecified atom stereocenters. The van der Waals surface area contributed by atoms with E-state index < -0.39 is 5.95 Å². The second-order valence-corrected chi connectivity index (χ2v) is 26.9. The molecular formula is C92H106FN11O11. The van der Waals surface area contributed by atoms with Gasteiger partial charge in [-0.3, -0.25) is 44.1 Å². The van der Waals surface area contributed by atoms with E-state index in [4.69, 9.17) is 48.4 Å². The molecule has 23 heteroatoms. The Kier molecular flexibility index (Phi) is 39.2. The van der Waals surface area contributed by atoms with Crippen molar-refractivity contribution >= 4 is 11.9 Å². The molecule has 22 nitrogen and oxygen atoms in total. The van der Waals surface area contributed by atoms with E-state index in [1.54, 1.807) is 24.5 Å². The van der Waals surface area contributed by atoms with Crippen molar-refractivity contribution in [2.24, 2.45) is 0 Å². The number of carbonyl (C=O) groups is 2. The molecule has 4 saturated heterocycles. The molecule has 8 heterocycles. The molecule has 0 spiro atoms. The van der Waals surface area contributed by atoms with Crippen LogP contribution < -0.4 is 24.3 Å². The first-order valence-electron chi connectivity index (χ1n) is 39.2. The SMILES string of the molecule is CC#N.CCc1ccccc1.COC(=O)Cc1ccc(-c2ccc(OCCN3CCOCC3)cc2)cn1.Fc1ccc(-c2ccc(OCCN3CCOCC3)cc2)cn1.N#CCc1ccc(-c2ccc(OCCN3CCOCC3)cc2)cn1.O=C(Cc1ccc(-c2ccc(OCCN3CCOCC3)cc2)cn1)NCc1ccccc1. The minimum absolute atomic E-state index is 0.0346. The van der Waals surface area contributed by atoms with Gasteiger partial charge in [-0.25, -0.2) is 4.98 Å². The van der Waals surface area contributed by atoms with Crippen LogP contribution in [-0.2, 0) is 65.5 Å².